The number of carbonyl (C=O) groups excluding carboxylic acids is 4. The molecule has 1 aromatic heterocycles. The average Bonchev–Trinajstić information content (AvgIpc) is 2.78. The van der Waals surface area contributed by atoms with Crippen LogP contribution in [0.15, 0.2) is 48.7 Å². The van der Waals surface area contributed by atoms with Gasteiger partial charge >= 0.3 is 11.9 Å². The van der Waals surface area contributed by atoms with Crippen molar-refractivity contribution < 1.29 is 28.7 Å². The topological polar surface area (TPSA) is 99.6 Å². The number of hydrogen-bond donors (Lipinski definition) is 0. The van der Waals surface area contributed by atoms with Gasteiger partial charge in [0.1, 0.15) is 10.8 Å². The summed E-state index contributed by atoms with van der Waals surface area (Å²) >= 11 is 6.01. The van der Waals surface area contributed by atoms with Crippen molar-refractivity contribution in [2.45, 2.75) is 65.4 Å². The number of ether oxygens (including phenoxy) is 2. The third kappa shape index (κ3) is 7.99. The molecule has 1 unspecified atom stereocenters. The fourth-order valence-electron chi connectivity index (χ4n) is 3.67. The zero-order valence-electron chi connectivity index (χ0n) is 20.6. The molecule has 35 heavy (non-hydrogen) atoms. The van der Waals surface area contributed by atoms with Crippen molar-refractivity contribution in [3.05, 3.63) is 64.9 Å². The van der Waals surface area contributed by atoms with Crippen LogP contribution >= 0.6 is 11.6 Å². The minimum atomic E-state index is -2.11. The summed E-state index contributed by atoms with van der Waals surface area (Å²) in [5.74, 6) is -2.57. The summed E-state index contributed by atoms with van der Waals surface area (Å²) in [6.07, 6.45) is 1.79. The Hall–Kier alpha value is -3.06. The molecule has 1 atom stereocenters. The summed E-state index contributed by atoms with van der Waals surface area (Å²) in [6, 6.07) is 11.6. The lowest BCUT2D eigenvalue weighted by molar-refractivity contribution is -0.167. The van der Waals surface area contributed by atoms with Gasteiger partial charge in [0.05, 0.1) is 6.61 Å². The molecule has 2 aromatic rings. The molecule has 0 amide bonds. The van der Waals surface area contributed by atoms with Crippen molar-refractivity contribution in [3.8, 4) is 0 Å². The van der Waals surface area contributed by atoms with E-state index in [1.807, 2.05) is 6.07 Å². The maximum Gasteiger partial charge on any atom is 0.328 e. The van der Waals surface area contributed by atoms with Crippen molar-refractivity contribution in [1.82, 2.24) is 4.98 Å². The second-order valence-corrected chi connectivity index (χ2v) is 9.59. The highest BCUT2D eigenvalue weighted by molar-refractivity contribution is 6.31. The third-order valence-corrected chi connectivity index (χ3v) is 5.50. The normalized spacial score (nSPS) is 12.9. The van der Waals surface area contributed by atoms with E-state index in [1.165, 1.54) is 18.3 Å². The number of halogens is 1. The van der Waals surface area contributed by atoms with Gasteiger partial charge in [-0.05, 0) is 58.2 Å². The number of nitrogens with zero attached hydrogens (tertiary/aromatic N) is 1. The average molecular weight is 502 g/mol. The van der Waals surface area contributed by atoms with Gasteiger partial charge < -0.3 is 9.47 Å². The first-order valence-electron chi connectivity index (χ1n) is 11.6. The van der Waals surface area contributed by atoms with Crippen molar-refractivity contribution in [3.63, 3.8) is 0 Å². The highest BCUT2D eigenvalue weighted by Gasteiger charge is 2.54. The maximum atomic E-state index is 13.9. The van der Waals surface area contributed by atoms with Crippen LogP contribution in [0, 0.1) is 5.41 Å². The molecule has 0 saturated carbocycles. The van der Waals surface area contributed by atoms with E-state index in [1.54, 1.807) is 52.0 Å². The van der Waals surface area contributed by atoms with Crippen LogP contribution in [0.5, 0.6) is 0 Å². The van der Waals surface area contributed by atoms with E-state index in [-0.39, 0.29) is 49.0 Å². The molecule has 0 spiro atoms. The second-order valence-electron chi connectivity index (χ2n) is 9.20. The number of ketones is 2. The van der Waals surface area contributed by atoms with Crippen LogP contribution < -0.4 is 0 Å². The summed E-state index contributed by atoms with van der Waals surface area (Å²) in [7, 11) is 0. The van der Waals surface area contributed by atoms with Crippen LogP contribution in [0.1, 0.15) is 69.3 Å². The fraction of sp³-hybridized carbons (Fsp3) is 0.444. The van der Waals surface area contributed by atoms with E-state index in [2.05, 4.69) is 4.98 Å². The molecule has 1 heterocycles. The molecule has 8 heteroatoms. The molecule has 0 N–H and O–H groups in total. The zero-order chi connectivity index (χ0) is 26.1. The first-order valence-corrected chi connectivity index (χ1v) is 12.0. The number of hydrogen-bond acceptors (Lipinski definition) is 7. The third-order valence-electron chi connectivity index (χ3n) is 5.30. The van der Waals surface area contributed by atoms with Crippen LogP contribution in [0.2, 0.25) is 5.15 Å². The van der Waals surface area contributed by atoms with Gasteiger partial charge in [0, 0.05) is 24.6 Å². The van der Waals surface area contributed by atoms with Gasteiger partial charge in [-0.2, -0.15) is 0 Å². The van der Waals surface area contributed by atoms with E-state index in [0.717, 1.165) is 0 Å². The number of carbonyl (C=O) groups is 4. The number of benzene rings is 1. The summed E-state index contributed by atoms with van der Waals surface area (Å²) in [5, 5.41) is 0.0618. The predicted octanol–water partition coefficient (Wildman–Crippen LogP) is 5.18. The van der Waals surface area contributed by atoms with E-state index >= 15 is 0 Å². The molecule has 1 aromatic carbocycles. The molecular weight excluding hydrogens is 470 g/mol. The van der Waals surface area contributed by atoms with Crippen LogP contribution in [0.4, 0.5) is 0 Å². The number of pyridine rings is 1. The molecule has 0 radical (unpaired) electrons. The highest BCUT2D eigenvalue weighted by atomic mass is 35.5. The first kappa shape index (κ1) is 28.2. The van der Waals surface area contributed by atoms with Crippen molar-refractivity contribution >= 4 is 35.1 Å². The summed E-state index contributed by atoms with van der Waals surface area (Å²) < 4.78 is 10.6. The minimum Gasteiger partial charge on any atom is -0.466 e. The Morgan fingerprint density at radius 1 is 1.00 bits per heavy atom. The Balaban J connectivity index is 2.51. The Kier molecular flexibility index (Phi) is 10.1. The monoisotopic (exact) mass is 501 g/mol. The van der Waals surface area contributed by atoms with E-state index in [0.29, 0.717) is 12.0 Å². The standard InChI is InChI=1S/C27H32ClNO6/c1-5-34-23(31)13-9-10-15-27(25(33)35-26(2,3)4,21(30)17-19-11-7-6-8-12-19)24(32)20-14-16-29-22(28)18-20/h6-8,11-12,14,16,18H,5,9-10,13,15,17H2,1-4H3. The molecule has 0 bridgehead atoms. The number of aromatic nitrogens is 1. The Bertz CT molecular complexity index is 1050. The molecule has 0 aliphatic rings. The number of unbranched alkanes of at least 4 members (excludes halogenated alkanes) is 1. The van der Waals surface area contributed by atoms with E-state index in [9.17, 15) is 19.2 Å². The molecular formula is C27H32ClNO6. The van der Waals surface area contributed by atoms with Gasteiger partial charge in [-0.15, -0.1) is 0 Å². The zero-order valence-corrected chi connectivity index (χ0v) is 21.4. The van der Waals surface area contributed by atoms with Gasteiger partial charge in [-0.1, -0.05) is 48.4 Å². The fourth-order valence-corrected chi connectivity index (χ4v) is 3.84. The Morgan fingerprint density at radius 2 is 1.69 bits per heavy atom. The van der Waals surface area contributed by atoms with Crippen molar-refractivity contribution in [1.29, 1.82) is 0 Å². The lowest BCUT2D eigenvalue weighted by atomic mass is 9.71. The van der Waals surface area contributed by atoms with Gasteiger partial charge in [0.2, 0.25) is 0 Å². The molecule has 0 aliphatic carbocycles. The number of esters is 2. The Morgan fingerprint density at radius 3 is 2.29 bits per heavy atom. The van der Waals surface area contributed by atoms with Crippen molar-refractivity contribution in [2.24, 2.45) is 5.41 Å². The van der Waals surface area contributed by atoms with Crippen LogP contribution in [-0.4, -0.2) is 40.7 Å². The summed E-state index contributed by atoms with van der Waals surface area (Å²) in [6.45, 7) is 6.99. The molecule has 188 valence electrons. The number of Topliss-reactive ketones (excluding diaryl/α,β-unsaturated/α-hetero) is 2. The van der Waals surface area contributed by atoms with Crippen LogP contribution in [-0.2, 0) is 30.3 Å². The van der Waals surface area contributed by atoms with E-state index < -0.39 is 28.6 Å². The van der Waals surface area contributed by atoms with Crippen LogP contribution in [0.3, 0.4) is 0 Å². The van der Waals surface area contributed by atoms with Gasteiger partial charge in [-0.25, -0.2) is 4.98 Å². The Labute approximate surface area is 211 Å². The molecule has 0 fully saturated rings. The molecule has 2 rings (SSSR count). The van der Waals surface area contributed by atoms with Gasteiger partial charge in [0.15, 0.2) is 17.0 Å². The lowest BCUT2D eigenvalue weighted by Crippen LogP contribution is -2.50. The molecule has 7 nitrogen and oxygen atoms in total. The highest BCUT2D eigenvalue weighted by Crippen LogP contribution is 2.36. The lowest BCUT2D eigenvalue weighted by Gasteiger charge is -2.32. The second kappa shape index (κ2) is 12.6. The number of rotatable bonds is 12. The smallest absolute Gasteiger partial charge is 0.328 e. The van der Waals surface area contributed by atoms with Crippen LogP contribution in [0.25, 0.3) is 0 Å². The predicted molar refractivity (Wildman–Crippen MR) is 132 cm³/mol. The summed E-state index contributed by atoms with van der Waals surface area (Å²) in [4.78, 5) is 57.1. The first-order chi connectivity index (χ1) is 16.5. The molecule has 0 saturated heterocycles. The largest absolute Gasteiger partial charge is 0.466 e. The SMILES string of the molecule is CCOC(=O)CCCCC(C(=O)Cc1ccccc1)(C(=O)OC(C)(C)C)C(=O)c1ccnc(Cl)c1. The quantitative estimate of drug-likeness (QED) is 0.130. The maximum absolute atomic E-state index is 13.9. The van der Waals surface area contributed by atoms with Gasteiger partial charge in [0.25, 0.3) is 0 Å². The summed E-state index contributed by atoms with van der Waals surface area (Å²) in [5.41, 5.74) is -2.29. The van der Waals surface area contributed by atoms with Gasteiger partial charge in [-0.3, -0.25) is 19.2 Å². The molecule has 0 aliphatic heterocycles. The minimum absolute atomic E-state index is 0.0618. The van der Waals surface area contributed by atoms with Crippen molar-refractivity contribution in [2.75, 3.05) is 6.61 Å². The van der Waals surface area contributed by atoms with E-state index in [4.69, 9.17) is 21.1 Å².